The van der Waals surface area contributed by atoms with E-state index >= 15 is 0 Å². The zero-order valence-electron chi connectivity index (χ0n) is 16.4. The molecule has 0 unspecified atom stereocenters. The summed E-state index contributed by atoms with van der Waals surface area (Å²) in [6.45, 7) is 0.668. The van der Waals surface area contributed by atoms with E-state index in [0.717, 1.165) is 31.9 Å². The van der Waals surface area contributed by atoms with Crippen LogP contribution in [0.1, 0.15) is 44.9 Å². The van der Waals surface area contributed by atoms with E-state index in [1.165, 1.54) is 0 Å². The molecule has 3 amide bonds. The van der Waals surface area contributed by atoms with Crippen molar-refractivity contribution in [2.45, 2.75) is 50.5 Å². The molecule has 0 aromatic rings. The van der Waals surface area contributed by atoms with Crippen LogP contribution in [0, 0.1) is 17.8 Å². The fourth-order valence-electron chi connectivity index (χ4n) is 4.39. The van der Waals surface area contributed by atoms with Gasteiger partial charge in [0.05, 0.1) is 6.26 Å². The molecule has 9 heteroatoms. The van der Waals surface area contributed by atoms with Crippen LogP contribution in [-0.4, -0.2) is 56.4 Å². The predicted octanol–water partition coefficient (Wildman–Crippen LogP) is 0.552. The molecule has 0 saturated heterocycles. The number of hydrogen-bond acceptors (Lipinski definition) is 5. The lowest BCUT2D eigenvalue weighted by Crippen LogP contribution is -2.54. The van der Waals surface area contributed by atoms with Crippen molar-refractivity contribution < 1.29 is 22.8 Å². The van der Waals surface area contributed by atoms with E-state index in [1.807, 2.05) is 16.9 Å². The normalized spacial score (nSPS) is 35.2. The summed E-state index contributed by atoms with van der Waals surface area (Å²) < 4.78 is 25.1. The molecule has 0 radical (unpaired) electrons. The lowest BCUT2D eigenvalue weighted by atomic mass is 9.93. The number of nitrogens with one attached hydrogen (secondary N) is 2. The van der Waals surface area contributed by atoms with E-state index in [1.54, 1.807) is 11.9 Å². The van der Waals surface area contributed by atoms with Gasteiger partial charge in [0, 0.05) is 31.3 Å². The van der Waals surface area contributed by atoms with Gasteiger partial charge in [-0.15, -0.1) is 0 Å². The van der Waals surface area contributed by atoms with E-state index in [-0.39, 0.29) is 23.7 Å². The van der Waals surface area contributed by atoms with Gasteiger partial charge in [0.25, 0.3) is 5.91 Å². The van der Waals surface area contributed by atoms with Gasteiger partial charge in [0.1, 0.15) is 5.54 Å². The Hall–Kier alpha value is -1.90. The Balaban J connectivity index is 1.86. The molecule has 28 heavy (non-hydrogen) atoms. The van der Waals surface area contributed by atoms with Gasteiger partial charge in [-0.05, 0) is 38.5 Å². The highest BCUT2D eigenvalue weighted by molar-refractivity contribution is 7.89. The van der Waals surface area contributed by atoms with E-state index in [0.29, 0.717) is 25.8 Å². The predicted molar refractivity (Wildman–Crippen MR) is 103 cm³/mol. The smallest absolute Gasteiger partial charge is 0.259 e. The molecule has 0 aromatic heterocycles. The number of rotatable bonds is 2. The standard InChI is InChI=1S/C19H29N3O5S/c1-22-11-6-4-3-5-8-13-12-19(13,18(25)21-28(2,26)27)20-16(23)14-9-7-10-15(14)17(22)24/h5,8,13-15H,3-4,6-7,9-12H2,1-2H3,(H,20,23)(H,21,25)/b8-5+/t13-,14-,15-,19-/m1/s1. The molecule has 3 aliphatic rings. The maximum atomic E-state index is 13.0. The van der Waals surface area contributed by atoms with Crippen LogP contribution in [0.5, 0.6) is 0 Å². The second-order valence-corrected chi connectivity index (χ2v) is 10.1. The largest absolute Gasteiger partial charge is 0.346 e. The Bertz CT molecular complexity index is 793. The quantitative estimate of drug-likeness (QED) is 0.645. The van der Waals surface area contributed by atoms with E-state index < -0.39 is 27.4 Å². The first-order valence-electron chi connectivity index (χ1n) is 9.90. The van der Waals surface area contributed by atoms with Crippen molar-refractivity contribution in [1.82, 2.24) is 14.9 Å². The number of amides is 3. The molecule has 2 saturated carbocycles. The molecule has 156 valence electrons. The number of nitrogens with zero attached hydrogens (tertiary/aromatic N) is 1. The van der Waals surface area contributed by atoms with Gasteiger partial charge in [-0.3, -0.25) is 19.1 Å². The minimum absolute atomic E-state index is 0.0211. The third-order valence-electron chi connectivity index (χ3n) is 6.07. The molecule has 4 atom stereocenters. The van der Waals surface area contributed by atoms with Crippen LogP contribution in [-0.2, 0) is 24.4 Å². The summed E-state index contributed by atoms with van der Waals surface area (Å²) in [5.74, 6) is -2.16. The molecular weight excluding hydrogens is 382 g/mol. The van der Waals surface area contributed by atoms with Gasteiger partial charge in [0.15, 0.2) is 0 Å². The molecule has 2 N–H and O–H groups in total. The zero-order valence-corrected chi connectivity index (χ0v) is 17.3. The molecule has 8 nitrogen and oxygen atoms in total. The Morgan fingerprint density at radius 1 is 1.21 bits per heavy atom. The molecule has 2 fully saturated rings. The van der Waals surface area contributed by atoms with Crippen LogP contribution in [0.2, 0.25) is 0 Å². The average Bonchev–Trinajstić information content (AvgIpc) is 3.08. The number of fused-ring (bicyclic) bond motifs is 2. The minimum Gasteiger partial charge on any atom is -0.346 e. The Kier molecular flexibility index (Phi) is 5.84. The molecule has 1 heterocycles. The first-order valence-corrected chi connectivity index (χ1v) is 11.8. The van der Waals surface area contributed by atoms with Crippen LogP contribution >= 0.6 is 0 Å². The summed E-state index contributed by atoms with van der Waals surface area (Å²) in [4.78, 5) is 40.2. The molecule has 2 aliphatic carbocycles. The zero-order chi connectivity index (χ0) is 20.5. The van der Waals surface area contributed by atoms with Crippen molar-refractivity contribution in [3.8, 4) is 0 Å². The Labute approximate surface area is 166 Å². The highest BCUT2D eigenvalue weighted by Gasteiger charge is 2.61. The SMILES string of the molecule is CN1CCCC/C=C/[C@@H]2C[C@@]2(C(=O)NS(C)(=O)=O)NC(=O)[C@@H]2CCC[C@H]2C1=O. The lowest BCUT2D eigenvalue weighted by molar-refractivity contribution is -0.140. The van der Waals surface area contributed by atoms with Crippen molar-refractivity contribution in [1.29, 1.82) is 0 Å². The summed E-state index contributed by atoms with van der Waals surface area (Å²) in [6.07, 6.45) is 9.80. The van der Waals surface area contributed by atoms with Crippen LogP contribution in [0.15, 0.2) is 12.2 Å². The van der Waals surface area contributed by atoms with Crippen molar-refractivity contribution in [3.63, 3.8) is 0 Å². The molecule has 0 bridgehead atoms. The van der Waals surface area contributed by atoms with Crippen molar-refractivity contribution in [2.75, 3.05) is 19.8 Å². The molecule has 1 aliphatic heterocycles. The van der Waals surface area contributed by atoms with Crippen molar-refractivity contribution >= 4 is 27.7 Å². The third-order valence-corrected chi connectivity index (χ3v) is 6.63. The van der Waals surface area contributed by atoms with E-state index in [9.17, 15) is 22.8 Å². The van der Waals surface area contributed by atoms with E-state index in [4.69, 9.17) is 0 Å². The van der Waals surface area contributed by atoms with Gasteiger partial charge in [-0.2, -0.15) is 0 Å². The van der Waals surface area contributed by atoms with Crippen LogP contribution < -0.4 is 10.0 Å². The molecule has 3 rings (SSSR count). The Morgan fingerprint density at radius 2 is 1.93 bits per heavy atom. The monoisotopic (exact) mass is 411 g/mol. The summed E-state index contributed by atoms with van der Waals surface area (Å²) in [7, 11) is -1.96. The van der Waals surface area contributed by atoms with E-state index in [2.05, 4.69) is 5.32 Å². The van der Waals surface area contributed by atoms with Crippen molar-refractivity contribution in [2.24, 2.45) is 17.8 Å². The first-order chi connectivity index (χ1) is 13.1. The number of carbonyl (C=O) groups excluding carboxylic acids is 3. The lowest BCUT2D eigenvalue weighted by Gasteiger charge is -2.27. The highest BCUT2D eigenvalue weighted by Crippen LogP contribution is 2.46. The van der Waals surface area contributed by atoms with Crippen LogP contribution in [0.25, 0.3) is 0 Å². The van der Waals surface area contributed by atoms with Gasteiger partial charge >= 0.3 is 0 Å². The van der Waals surface area contributed by atoms with Crippen LogP contribution in [0.3, 0.4) is 0 Å². The van der Waals surface area contributed by atoms with Gasteiger partial charge in [0.2, 0.25) is 21.8 Å². The summed E-state index contributed by atoms with van der Waals surface area (Å²) in [6, 6.07) is 0. The number of allylic oxidation sites excluding steroid dienone is 1. The fourth-order valence-corrected chi connectivity index (χ4v) is 4.91. The summed E-state index contributed by atoms with van der Waals surface area (Å²) in [5.41, 5.74) is -1.25. The van der Waals surface area contributed by atoms with Gasteiger partial charge in [-0.25, -0.2) is 8.42 Å². The van der Waals surface area contributed by atoms with Gasteiger partial charge in [-0.1, -0.05) is 18.6 Å². The first kappa shape index (κ1) is 20.8. The maximum absolute atomic E-state index is 13.0. The summed E-state index contributed by atoms with van der Waals surface area (Å²) >= 11 is 0. The van der Waals surface area contributed by atoms with Crippen molar-refractivity contribution in [3.05, 3.63) is 12.2 Å². The molecule has 0 spiro atoms. The second kappa shape index (κ2) is 7.85. The van der Waals surface area contributed by atoms with Gasteiger partial charge < -0.3 is 10.2 Å². The average molecular weight is 412 g/mol. The molecule has 0 aromatic carbocycles. The maximum Gasteiger partial charge on any atom is 0.259 e. The number of sulfonamides is 1. The molecular formula is C19H29N3O5S. The highest BCUT2D eigenvalue weighted by atomic mass is 32.2. The Morgan fingerprint density at radius 3 is 2.64 bits per heavy atom. The second-order valence-electron chi connectivity index (χ2n) is 8.30. The topological polar surface area (TPSA) is 113 Å². The van der Waals surface area contributed by atoms with Crippen LogP contribution in [0.4, 0.5) is 0 Å². The fraction of sp³-hybridized carbons (Fsp3) is 0.737. The minimum atomic E-state index is -3.73. The number of hydrogen-bond donors (Lipinski definition) is 2. The third kappa shape index (κ3) is 4.39. The summed E-state index contributed by atoms with van der Waals surface area (Å²) in [5, 5.41) is 2.81. The number of carbonyl (C=O) groups is 3.